The molecule has 0 bridgehead atoms. The van der Waals surface area contributed by atoms with Crippen molar-refractivity contribution >= 4 is 11.6 Å². The maximum Gasteiger partial charge on any atom is 0.221 e. The first-order valence-electron chi connectivity index (χ1n) is 9.27. The van der Waals surface area contributed by atoms with Crippen LogP contribution in [0.2, 0.25) is 0 Å². The summed E-state index contributed by atoms with van der Waals surface area (Å²) >= 11 is 0. The molecule has 0 atom stereocenters. The van der Waals surface area contributed by atoms with Gasteiger partial charge in [-0.1, -0.05) is 36.4 Å². The van der Waals surface area contributed by atoms with Gasteiger partial charge in [-0.3, -0.25) is 4.79 Å². The highest BCUT2D eigenvalue weighted by Gasteiger charge is 2.04. The molecule has 0 fully saturated rings. The van der Waals surface area contributed by atoms with Crippen molar-refractivity contribution in [2.75, 3.05) is 18.4 Å². The zero-order valence-electron chi connectivity index (χ0n) is 15.5. The number of rotatable bonds is 9. The van der Waals surface area contributed by atoms with Gasteiger partial charge >= 0.3 is 0 Å². The van der Waals surface area contributed by atoms with Crippen molar-refractivity contribution in [2.24, 2.45) is 0 Å². The first-order valence-corrected chi connectivity index (χ1v) is 9.27. The average molecular weight is 378 g/mol. The molecule has 28 heavy (non-hydrogen) atoms. The molecule has 0 unspecified atom stereocenters. The van der Waals surface area contributed by atoms with Crippen LogP contribution in [0.5, 0.6) is 11.5 Å². The van der Waals surface area contributed by atoms with Crippen LogP contribution in [0.15, 0.2) is 78.9 Å². The number of ether oxygens (including phenoxy) is 1. The Hall–Kier alpha value is -3.34. The number of amides is 1. The van der Waals surface area contributed by atoms with E-state index in [0.29, 0.717) is 31.5 Å². The Morgan fingerprint density at radius 1 is 0.821 bits per heavy atom. The van der Waals surface area contributed by atoms with Crippen LogP contribution in [0.4, 0.5) is 10.1 Å². The predicted octanol–water partition coefficient (Wildman–Crippen LogP) is 4.78. The Bertz CT molecular complexity index is 883. The van der Waals surface area contributed by atoms with Gasteiger partial charge < -0.3 is 15.4 Å². The molecule has 4 nitrogen and oxygen atoms in total. The number of carbonyl (C=O) groups excluding carboxylic acids is 1. The van der Waals surface area contributed by atoms with Gasteiger partial charge in [0, 0.05) is 25.2 Å². The molecule has 0 aromatic heterocycles. The average Bonchev–Trinajstić information content (AvgIpc) is 2.72. The number of carbonyl (C=O) groups is 1. The number of benzene rings is 3. The Labute approximate surface area is 164 Å². The van der Waals surface area contributed by atoms with E-state index in [1.54, 1.807) is 18.2 Å². The summed E-state index contributed by atoms with van der Waals surface area (Å²) in [6.45, 7) is 0.940. The van der Waals surface area contributed by atoms with Crippen molar-refractivity contribution in [3.05, 3.63) is 90.2 Å². The van der Waals surface area contributed by atoms with E-state index in [9.17, 15) is 9.18 Å². The number of hydrogen-bond acceptors (Lipinski definition) is 3. The highest BCUT2D eigenvalue weighted by molar-refractivity contribution is 5.76. The summed E-state index contributed by atoms with van der Waals surface area (Å²) in [6.07, 6.45) is 0.828. The van der Waals surface area contributed by atoms with E-state index in [1.165, 1.54) is 6.07 Å². The van der Waals surface area contributed by atoms with E-state index in [2.05, 4.69) is 10.6 Å². The molecule has 5 heteroatoms. The molecule has 3 rings (SSSR count). The van der Waals surface area contributed by atoms with E-state index < -0.39 is 0 Å². The molecule has 1 amide bonds. The lowest BCUT2D eigenvalue weighted by Gasteiger charge is -2.09. The highest BCUT2D eigenvalue weighted by atomic mass is 19.1. The lowest BCUT2D eigenvalue weighted by Crippen LogP contribution is -2.27. The molecule has 0 heterocycles. The molecular formula is C23H23FN2O2. The van der Waals surface area contributed by atoms with Gasteiger partial charge in [-0.05, 0) is 54.4 Å². The minimum atomic E-state index is -0.238. The number of halogens is 1. The summed E-state index contributed by atoms with van der Waals surface area (Å²) in [6, 6.07) is 23.8. The molecule has 0 aliphatic carbocycles. The lowest BCUT2D eigenvalue weighted by atomic mass is 10.1. The summed E-state index contributed by atoms with van der Waals surface area (Å²) < 4.78 is 19.3. The lowest BCUT2D eigenvalue weighted by molar-refractivity contribution is -0.120. The van der Waals surface area contributed by atoms with Gasteiger partial charge in [0.15, 0.2) is 0 Å². The normalized spacial score (nSPS) is 10.3. The number of nitrogens with one attached hydrogen (secondary N) is 2. The van der Waals surface area contributed by atoms with Gasteiger partial charge in [0.1, 0.15) is 17.3 Å². The third kappa shape index (κ3) is 6.13. The van der Waals surface area contributed by atoms with E-state index >= 15 is 0 Å². The minimum Gasteiger partial charge on any atom is -0.457 e. The molecule has 0 spiro atoms. The van der Waals surface area contributed by atoms with Crippen LogP contribution in [0.1, 0.15) is 12.0 Å². The number of anilines is 1. The van der Waals surface area contributed by atoms with Crippen LogP contribution in [0.3, 0.4) is 0 Å². The highest BCUT2D eigenvalue weighted by Crippen LogP contribution is 2.22. The summed E-state index contributed by atoms with van der Waals surface area (Å²) in [5.74, 6) is 1.24. The SMILES string of the molecule is O=C(CCNc1ccc(Oc2ccccc2)cc1)NCCc1ccccc1F. The topological polar surface area (TPSA) is 50.4 Å². The molecule has 3 aromatic carbocycles. The molecule has 3 aromatic rings. The maximum absolute atomic E-state index is 13.5. The van der Waals surface area contributed by atoms with Gasteiger partial charge in [-0.15, -0.1) is 0 Å². The molecule has 0 aliphatic rings. The first-order chi connectivity index (χ1) is 13.7. The van der Waals surface area contributed by atoms with E-state index in [0.717, 1.165) is 17.2 Å². The molecule has 144 valence electrons. The largest absolute Gasteiger partial charge is 0.457 e. The van der Waals surface area contributed by atoms with E-state index in [4.69, 9.17) is 4.74 Å². The van der Waals surface area contributed by atoms with Crippen LogP contribution in [-0.2, 0) is 11.2 Å². The van der Waals surface area contributed by atoms with Crippen LogP contribution in [0.25, 0.3) is 0 Å². The van der Waals surface area contributed by atoms with Crippen molar-refractivity contribution in [1.82, 2.24) is 5.32 Å². The molecular weight excluding hydrogens is 355 g/mol. The van der Waals surface area contributed by atoms with E-state index in [-0.39, 0.29) is 11.7 Å². The van der Waals surface area contributed by atoms with Gasteiger partial charge in [-0.25, -0.2) is 4.39 Å². The predicted molar refractivity (Wildman–Crippen MR) is 109 cm³/mol. The minimum absolute atomic E-state index is 0.0622. The van der Waals surface area contributed by atoms with Crippen LogP contribution in [0, 0.1) is 5.82 Å². The quantitative estimate of drug-likeness (QED) is 0.563. The zero-order chi connectivity index (χ0) is 19.6. The summed E-state index contributed by atoms with van der Waals surface area (Å²) in [5.41, 5.74) is 1.53. The van der Waals surface area contributed by atoms with E-state index in [1.807, 2.05) is 54.6 Å². The Balaban J connectivity index is 1.35. The smallest absolute Gasteiger partial charge is 0.221 e. The molecule has 0 radical (unpaired) electrons. The Kier molecular flexibility index (Phi) is 7.01. The van der Waals surface area contributed by atoms with Gasteiger partial charge in [-0.2, -0.15) is 0 Å². The van der Waals surface area contributed by atoms with Gasteiger partial charge in [0.2, 0.25) is 5.91 Å². The molecule has 2 N–H and O–H groups in total. The van der Waals surface area contributed by atoms with Crippen molar-refractivity contribution in [3.8, 4) is 11.5 Å². The second-order valence-electron chi connectivity index (χ2n) is 6.31. The zero-order valence-corrected chi connectivity index (χ0v) is 15.5. The maximum atomic E-state index is 13.5. The third-order valence-electron chi connectivity index (χ3n) is 4.19. The Morgan fingerprint density at radius 2 is 1.50 bits per heavy atom. The fraction of sp³-hybridized carbons (Fsp3) is 0.174. The Morgan fingerprint density at radius 3 is 2.25 bits per heavy atom. The third-order valence-corrected chi connectivity index (χ3v) is 4.19. The van der Waals surface area contributed by atoms with Crippen molar-refractivity contribution in [2.45, 2.75) is 12.8 Å². The van der Waals surface area contributed by atoms with Crippen LogP contribution in [-0.4, -0.2) is 19.0 Å². The van der Waals surface area contributed by atoms with Crippen LogP contribution >= 0.6 is 0 Å². The fourth-order valence-corrected chi connectivity index (χ4v) is 2.71. The first kappa shape index (κ1) is 19.4. The van der Waals surface area contributed by atoms with Crippen molar-refractivity contribution in [3.63, 3.8) is 0 Å². The van der Waals surface area contributed by atoms with Gasteiger partial charge in [0.25, 0.3) is 0 Å². The van der Waals surface area contributed by atoms with Gasteiger partial charge in [0.05, 0.1) is 0 Å². The monoisotopic (exact) mass is 378 g/mol. The second kappa shape index (κ2) is 10.1. The molecule has 0 saturated carbocycles. The summed E-state index contributed by atoms with van der Waals surface area (Å²) in [7, 11) is 0. The second-order valence-corrected chi connectivity index (χ2v) is 6.31. The standard InChI is InChI=1S/C23H23FN2O2/c24-22-9-5-4-6-18(22)14-16-26-23(27)15-17-25-19-10-12-21(13-11-19)28-20-7-2-1-3-8-20/h1-13,25H,14-17H2,(H,26,27). The fourth-order valence-electron chi connectivity index (χ4n) is 2.71. The number of hydrogen-bond donors (Lipinski definition) is 2. The summed E-state index contributed by atoms with van der Waals surface area (Å²) in [4.78, 5) is 11.9. The molecule has 0 aliphatic heterocycles. The van der Waals surface area contributed by atoms with Crippen molar-refractivity contribution < 1.29 is 13.9 Å². The number of para-hydroxylation sites is 1. The molecule has 0 saturated heterocycles. The summed E-state index contributed by atoms with van der Waals surface area (Å²) in [5, 5.41) is 6.02. The van der Waals surface area contributed by atoms with Crippen molar-refractivity contribution in [1.29, 1.82) is 0 Å². The van der Waals surface area contributed by atoms with Crippen LogP contribution < -0.4 is 15.4 Å².